The molecule has 3 aliphatic rings. The van der Waals surface area contributed by atoms with Crippen LogP contribution in [0.3, 0.4) is 0 Å². The Balaban J connectivity index is 1.57. The van der Waals surface area contributed by atoms with E-state index in [4.69, 9.17) is 14.2 Å². The molecule has 7 heteroatoms. The van der Waals surface area contributed by atoms with Crippen LogP contribution < -0.4 is 4.90 Å². The molecule has 4 rings (SSSR count). The lowest BCUT2D eigenvalue weighted by Gasteiger charge is -2.42. The maximum atomic E-state index is 12.9. The number of anilines is 1. The summed E-state index contributed by atoms with van der Waals surface area (Å²) in [5, 5.41) is 0. The predicted octanol–water partition coefficient (Wildman–Crippen LogP) is 1.61. The SMILES string of the molecule is O=C1CCC2(CC1[C@H]1CC(=O)N(c3ccccc3)C1=O)OCOCO2. The third kappa shape index (κ3) is 2.88. The van der Waals surface area contributed by atoms with Gasteiger partial charge in [-0.25, -0.2) is 0 Å². The number of carbonyl (C=O) groups excluding carboxylic acids is 3. The number of carbonyl (C=O) groups is 3. The van der Waals surface area contributed by atoms with Gasteiger partial charge in [0, 0.05) is 31.6 Å². The van der Waals surface area contributed by atoms with Crippen molar-refractivity contribution in [2.75, 3.05) is 18.5 Å². The van der Waals surface area contributed by atoms with E-state index in [1.54, 1.807) is 24.3 Å². The van der Waals surface area contributed by atoms with Gasteiger partial charge in [0.25, 0.3) is 0 Å². The Morgan fingerprint density at radius 2 is 1.72 bits per heavy atom. The Morgan fingerprint density at radius 3 is 2.44 bits per heavy atom. The van der Waals surface area contributed by atoms with E-state index < -0.39 is 17.6 Å². The molecule has 1 aromatic rings. The number of benzene rings is 1. The molecule has 0 aromatic heterocycles. The number of hydrogen-bond acceptors (Lipinski definition) is 6. The molecule has 0 radical (unpaired) electrons. The Labute approximate surface area is 144 Å². The van der Waals surface area contributed by atoms with E-state index in [2.05, 4.69) is 0 Å². The second-order valence-electron chi connectivity index (χ2n) is 6.63. The molecule has 2 saturated heterocycles. The van der Waals surface area contributed by atoms with Crippen molar-refractivity contribution in [2.45, 2.75) is 31.5 Å². The summed E-state index contributed by atoms with van der Waals surface area (Å²) in [6.07, 6.45) is 1.04. The zero-order valence-electron chi connectivity index (χ0n) is 13.7. The zero-order valence-corrected chi connectivity index (χ0v) is 13.7. The van der Waals surface area contributed by atoms with Crippen LogP contribution >= 0.6 is 0 Å². The molecule has 7 nitrogen and oxygen atoms in total. The molecule has 2 atom stereocenters. The van der Waals surface area contributed by atoms with E-state index >= 15 is 0 Å². The maximum absolute atomic E-state index is 12.9. The molecule has 2 aliphatic heterocycles. The first kappa shape index (κ1) is 16.4. The molecule has 2 heterocycles. The standard InChI is InChI=1S/C18H19NO6/c20-15-6-7-18(24-10-23-11-25-18)9-14(15)13-8-16(21)19(17(13)22)12-4-2-1-3-5-12/h1-5,13-14H,6-11H2/t13-,14?/m1/s1. The van der Waals surface area contributed by atoms with Crippen molar-refractivity contribution in [1.82, 2.24) is 0 Å². The van der Waals surface area contributed by atoms with Crippen LogP contribution in [0, 0.1) is 11.8 Å². The molecule has 2 amide bonds. The average Bonchev–Trinajstić information content (AvgIpc) is 2.93. The Hall–Kier alpha value is -2.09. The fourth-order valence-electron chi connectivity index (χ4n) is 3.87. The van der Waals surface area contributed by atoms with Crippen LogP contribution in [0.15, 0.2) is 30.3 Å². The van der Waals surface area contributed by atoms with Crippen molar-refractivity contribution in [2.24, 2.45) is 11.8 Å². The van der Waals surface area contributed by atoms with Gasteiger partial charge in [-0.2, -0.15) is 0 Å². The molecule has 25 heavy (non-hydrogen) atoms. The molecule has 1 aromatic carbocycles. The van der Waals surface area contributed by atoms with E-state index in [-0.39, 0.29) is 50.4 Å². The summed E-state index contributed by atoms with van der Waals surface area (Å²) >= 11 is 0. The van der Waals surface area contributed by atoms with Gasteiger partial charge < -0.3 is 14.2 Å². The average molecular weight is 345 g/mol. The summed E-state index contributed by atoms with van der Waals surface area (Å²) in [6.45, 7) is 0.211. The third-order valence-corrected chi connectivity index (χ3v) is 5.19. The minimum atomic E-state index is -0.889. The number of imide groups is 1. The van der Waals surface area contributed by atoms with Crippen molar-refractivity contribution in [3.63, 3.8) is 0 Å². The van der Waals surface area contributed by atoms with Gasteiger partial charge in [-0.05, 0) is 12.1 Å². The maximum Gasteiger partial charge on any atom is 0.238 e. The largest absolute Gasteiger partial charge is 0.329 e. The first-order valence-electron chi connectivity index (χ1n) is 8.40. The zero-order chi connectivity index (χ0) is 17.4. The molecule has 1 unspecified atom stereocenters. The molecule has 1 aliphatic carbocycles. The van der Waals surface area contributed by atoms with Crippen LogP contribution in [0.2, 0.25) is 0 Å². The van der Waals surface area contributed by atoms with Crippen molar-refractivity contribution >= 4 is 23.3 Å². The molecule has 1 spiro atoms. The quantitative estimate of drug-likeness (QED) is 0.758. The summed E-state index contributed by atoms with van der Waals surface area (Å²) in [4.78, 5) is 39.0. The topological polar surface area (TPSA) is 82.1 Å². The molecule has 0 N–H and O–H groups in total. The molecular formula is C18H19NO6. The molecule has 1 saturated carbocycles. The van der Waals surface area contributed by atoms with Gasteiger partial charge in [-0.15, -0.1) is 0 Å². The number of Topliss-reactive ketones (excluding diaryl/α,β-unsaturated/α-hetero) is 1. The van der Waals surface area contributed by atoms with Gasteiger partial charge >= 0.3 is 0 Å². The van der Waals surface area contributed by atoms with E-state index in [1.807, 2.05) is 6.07 Å². The highest BCUT2D eigenvalue weighted by atomic mass is 16.9. The second-order valence-corrected chi connectivity index (χ2v) is 6.63. The smallest absolute Gasteiger partial charge is 0.238 e. The summed E-state index contributed by atoms with van der Waals surface area (Å²) in [5.41, 5.74) is 0.538. The summed E-state index contributed by atoms with van der Waals surface area (Å²) < 4.78 is 16.3. The van der Waals surface area contributed by atoms with Crippen LogP contribution in [-0.4, -0.2) is 37.0 Å². The van der Waals surface area contributed by atoms with Gasteiger partial charge in [0.05, 0.1) is 11.6 Å². The van der Waals surface area contributed by atoms with Crippen LogP contribution in [0.4, 0.5) is 5.69 Å². The Kier molecular flexibility index (Phi) is 4.15. The molecule has 132 valence electrons. The third-order valence-electron chi connectivity index (χ3n) is 5.19. The van der Waals surface area contributed by atoms with Crippen LogP contribution in [0.25, 0.3) is 0 Å². The van der Waals surface area contributed by atoms with Crippen molar-refractivity contribution in [3.8, 4) is 0 Å². The summed E-state index contributed by atoms with van der Waals surface area (Å²) in [6, 6.07) is 8.79. The van der Waals surface area contributed by atoms with Crippen LogP contribution in [0.5, 0.6) is 0 Å². The van der Waals surface area contributed by atoms with Crippen LogP contribution in [-0.2, 0) is 28.6 Å². The first-order valence-corrected chi connectivity index (χ1v) is 8.40. The van der Waals surface area contributed by atoms with Crippen molar-refractivity contribution in [1.29, 1.82) is 0 Å². The van der Waals surface area contributed by atoms with Gasteiger partial charge in [0.2, 0.25) is 11.8 Å². The summed E-state index contributed by atoms with van der Waals surface area (Å²) in [7, 11) is 0. The lowest BCUT2D eigenvalue weighted by Crippen LogP contribution is -2.50. The number of para-hydroxylation sites is 1. The lowest BCUT2D eigenvalue weighted by molar-refractivity contribution is -0.369. The number of ether oxygens (including phenoxy) is 3. The number of amides is 2. The molecule has 0 bridgehead atoms. The van der Waals surface area contributed by atoms with Gasteiger partial charge in [-0.1, -0.05) is 18.2 Å². The summed E-state index contributed by atoms with van der Waals surface area (Å²) in [5.74, 6) is -2.73. The Morgan fingerprint density at radius 1 is 1.00 bits per heavy atom. The Bertz CT molecular complexity index is 697. The van der Waals surface area contributed by atoms with Crippen molar-refractivity contribution < 1.29 is 28.6 Å². The van der Waals surface area contributed by atoms with Gasteiger partial charge in [-0.3, -0.25) is 19.3 Å². The van der Waals surface area contributed by atoms with E-state index in [9.17, 15) is 14.4 Å². The minimum absolute atomic E-state index is 0.00891. The molecular weight excluding hydrogens is 326 g/mol. The second kappa shape index (κ2) is 6.33. The fourth-order valence-corrected chi connectivity index (χ4v) is 3.87. The number of hydrogen-bond donors (Lipinski definition) is 0. The highest BCUT2D eigenvalue weighted by molar-refractivity contribution is 6.21. The van der Waals surface area contributed by atoms with E-state index in [1.165, 1.54) is 4.90 Å². The van der Waals surface area contributed by atoms with Crippen molar-refractivity contribution in [3.05, 3.63) is 30.3 Å². The lowest BCUT2D eigenvalue weighted by atomic mass is 9.75. The molecule has 3 fully saturated rings. The number of ketones is 1. The number of rotatable bonds is 2. The van der Waals surface area contributed by atoms with Gasteiger partial charge in [0.1, 0.15) is 5.78 Å². The highest BCUT2D eigenvalue weighted by Crippen LogP contribution is 2.42. The fraction of sp³-hybridized carbons (Fsp3) is 0.500. The normalized spacial score (nSPS) is 29.4. The number of nitrogens with zero attached hydrogens (tertiary/aromatic N) is 1. The first-order chi connectivity index (χ1) is 12.1. The highest BCUT2D eigenvalue weighted by Gasteiger charge is 2.52. The van der Waals surface area contributed by atoms with E-state index in [0.29, 0.717) is 12.1 Å². The predicted molar refractivity (Wildman–Crippen MR) is 85.1 cm³/mol. The van der Waals surface area contributed by atoms with Gasteiger partial charge in [0.15, 0.2) is 19.4 Å². The minimum Gasteiger partial charge on any atom is -0.329 e. The van der Waals surface area contributed by atoms with E-state index in [0.717, 1.165) is 0 Å². The van der Waals surface area contributed by atoms with Crippen LogP contribution in [0.1, 0.15) is 25.7 Å². The monoisotopic (exact) mass is 345 g/mol.